The van der Waals surface area contributed by atoms with Crippen LogP contribution in [-0.4, -0.2) is 26.2 Å². The highest BCUT2D eigenvalue weighted by Gasteiger charge is 2.19. The fraction of sp³-hybridized carbons (Fsp3) is 0.118. The number of Topliss-reactive ketones (excluding diaryl/α,β-unsaturated/α-hetero) is 1. The quantitative estimate of drug-likeness (QED) is 0.547. The summed E-state index contributed by atoms with van der Waals surface area (Å²) in [7, 11) is 0. The van der Waals surface area contributed by atoms with Crippen molar-refractivity contribution in [3.8, 4) is 11.4 Å². The Morgan fingerprint density at radius 1 is 1.13 bits per heavy atom. The topological polar surface area (TPSA) is 58.6 Å². The third kappa shape index (κ3) is 3.81. The summed E-state index contributed by atoms with van der Waals surface area (Å²) in [5.41, 5.74) is 1.59. The number of carbonyl (C=O) groups excluding carboxylic acids is 1. The van der Waals surface area contributed by atoms with Crippen LogP contribution < -0.4 is 0 Å². The van der Waals surface area contributed by atoms with Crippen LogP contribution in [0.4, 0.5) is 0 Å². The lowest BCUT2D eigenvalue weighted by Gasteiger charge is -2.07. The molecular weight excluding hydrogens is 330 g/mol. The number of thioether (sulfide) groups is 1. The second-order valence-electron chi connectivity index (χ2n) is 4.96. The van der Waals surface area contributed by atoms with Crippen LogP contribution in [0.15, 0.2) is 59.8 Å². The fourth-order valence-corrected chi connectivity index (χ4v) is 3.01. The Bertz CT molecular complexity index is 802. The molecule has 2 aromatic carbocycles. The summed E-state index contributed by atoms with van der Waals surface area (Å²) >= 11 is 7.18. The highest BCUT2D eigenvalue weighted by atomic mass is 35.5. The van der Waals surface area contributed by atoms with Crippen molar-refractivity contribution in [2.45, 2.75) is 17.3 Å². The first-order valence-electron chi connectivity index (χ1n) is 7.08. The molecule has 0 saturated heterocycles. The van der Waals surface area contributed by atoms with Gasteiger partial charge < -0.3 is 0 Å². The van der Waals surface area contributed by atoms with Gasteiger partial charge in [0.05, 0.1) is 5.25 Å². The van der Waals surface area contributed by atoms with Crippen LogP contribution in [0.5, 0.6) is 0 Å². The van der Waals surface area contributed by atoms with Gasteiger partial charge in [0.1, 0.15) is 0 Å². The lowest BCUT2D eigenvalue weighted by Crippen LogP contribution is -2.13. The molecule has 1 atom stereocenters. The number of aromatic amines is 1. The molecule has 0 amide bonds. The van der Waals surface area contributed by atoms with Crippen molar-refractivity contribution >= 4 is 29.1 Å². The first kappa shape index (κ1) is 15.8. The molecule has 0 spiro atoms. The predicted molar refractivity (Wildman–Crippen MR) is 92.9 cm³/mol. The number of aromatic nitrogens is 3. The normalized spacial score (nSPS) is 12.1. The summed E-state index contributed by atoms with van der Waals surface area (Å²) in [6, 6.07) is 16.6. The maximum Gasteiger partial charge on any atom is 0.209 e. The molecule has 0 fully saturated rings. The van der Waals surface area contributed by atoms with E-state index in [1.165, 1.54) is 11.8 Å². The Balaban J connectivity index is 1.71. The van der Waals surface area contributed by atoms with Crippen LogP contribution >= 0.6 is 23.4 Å². The minimum Gasteiger partial charge on any atom is -0.293 e. The second kappa shape index (κ2) is 6.98. The fourth-order valence-electron chi connectivity index (χ4n) is 2.08. The van der Waals surface area contributed by atoms with Crippen molar-refractivity contribution in [1.29, 1.82) is 0 Å². The summed E-state index contributed by atoms with van der Waals surface area (Å²) in [5, 5.41) is 7.97. The van der Waals surface area contributed by atoms with Crippen molar-refractivity contribution in [3.63, 3.8) is 0 Å². The average molecular weight is 344 g/mol. The van der Waals surface area contributed by atoms with Gasteiger partial charge in [0, 0.05) is 16.1 Å². The van der Waals surface area contributed by atoms with Gasteiger partial charge in [0.25, 0.3) is 0 Å². The molecule has 0 radical (unpaired) electrons. The first-order chi connectivity index (χ1) is 11.1. The van der Waals surface area contributed by atoms with Gasteiger partial charge in [-0.2, -0.15) is 0 Å². The van der Waals surface area contributed by atoms with Gasteiger partial charge in [-0.3, -0.25) is 9.89 Å². The van der Waals surface area contributed by atoms with Crippen molar-refractivity contribution < 1.29 is 4.79 Å². The predicted octanol–water partition coefficient (Wildman–Crippen LogP) is 4.49. The number of nitrogens with one attached hydrogen (secondary N) is 1. The molecule has 4 nitrogen and oxygen atoms in total. The zero-order valence-corrected chi connectivity index (χ0v) is 13.9. The number of ketones is 1. The Morgan fingerprint density at radius 2 is 1.83 bits per heavy atom. The van der Waals surface area contributed by atoms with Crippen molar-refractivity contribution in [3.05, 3.63) is 65.2 Å². The smallest absolute Gasteiger partial charge is 0.209 e. The van der Waals surface area contributed by atoms with Crippen LogP contribution in [0.1, 0.15) is 17.3 Å². The molecule has 116 valence electrons. The number of benzene rings is 2. The van der Waals surface area contributed by atoms with E-state index >= 15 is 0 Å². The molecule has 0 aliphatic rings. The average Bonchev–Trinajstić information content (AvgIpc) is 3.04. The molecule has 6 heteroatoms. The number of rotatable bonds is 5. The van der Waals surface area contributed by atoms with Gasteiger partial charge in [-0.15, -0.1) is 5.10 Å². The highest BCUT2D eigenvalue weighted by Crippen LogP contribution is 2.25. The lowest BCUT2D eigenvalue weighted by atomic mass is 10.1. The third-order valence-corrected chi connectivity index (χ3v) is 4.51. The van der Waals surface area contributed by atoms with Crippen molar-refractivity contribution in [1.82, 2.24) is 15.2 Å². The Morgan fingerprint density at radius 3 is 2.52 bits per heavy atom. The van der Waals surface area contributed by atoms with Gasteiger partial charge >= 0.3 is 0 Å². The zero-order chi connectivity index (χ0) is 16.2. The minimum atomic E-state index is -0.282. The Labute approximate surface area is 143 Å². The molecule has 3 rings (SSSR count). The maximum absolute atomic E-state index is 12.4. The SMILES string of the molecule is C[C@H](Sc1n[nH]c(-c2ccccc2)n1)C(=O)c1ccc(Cl)cc1. The largest absolute Gasteiger partial charge is 0.293 e. The molecule has 0 aliphatic carbocycles. The van der Waals surface area contributed by atoms with Crippen LogP contribution in [-0.2, 0) is 0 Å². The van der Waals surface area contributed by atoms with Crippen LogP contribution in [0.2, 0.25) is 5.02 Å². The molecule has 0 unspecified atom stereocenters. The molecule has 0 aliphatic heterocycles. The lowest BCUT2D eigenvalue weighted by molar-refractivity contribution is 0.0994. The van der Waals surface area contributed by atoms with E-state index in [0.717, 1.165) is 5.56 Å². The van der Waals surface area contributed by atoms with Crippen LogP contribution in [0.25, 0.3) is 11.4 Å². The number of nitrogens with zero attached hydrogens (tertiary/aromatic N) is 2. The number of H-pyrrole nitrogens is 1. The highest BCUT2D eigenvalue weighted by molar-refractivity contribution is 8.00. The maximum atomic E-state index is 12.4. The molecule has 23 heavy (non-hydrogen) atoms. The standard InChI is InChI=1S/C17H14ClN3OS/c1-11(15(22)12-7-9-14(18)10-8-12)23-17-19-16(20-21-17)13-5-3-2-4-6-13/h2-11H,1H3,(H,19,20,21)/t11-/m0/s1. The van der Waals surface area contributed by atoms with E-state index < -0.39 is 0 Å². The summed E-state index contributed by atoms with van der Waals surface area (Å²) in [6.45, 7) is 1.85. The summed E-state index contributed by atoms with van der Waals surface area (Å²) in [6.07, 6.45) is 0. The van der Waals surface area contributed by atoms with Gasteiger partial charge in [-0.05, 0) is 31.2 Å². The van der Waals surface area contributed by atoms with E-state index in [4.69, 9.17) is 11.6 Å². The number of halogens is 1. The van der Waals surface area contributed by atoms with Crippen molar-refractivity contribution in [2.24, 2.45) is 0 Å². The number of hydrogen-bond donors (Lipinski definition) is 1. The monoisotopic (exact) mass is 343 g/mol. The van der Waals surface area contributed by atoms with Gasteiger partial charge in [0.15, 0.2) is 11.6 Å². The van der Waals surface area contributed by atoms with E-state index in [1.807, 2.05) is 37.3 Å². The molecule has 3 aromatic rings. The molecule has 1 aromatic heterocycles. The van der Waals surface area contributed by atoms with E-state index in [2.05, 4.69) is 15.2 Å². The van der Waals surface area contributed by atoms with E-state index in [1.54, 1.807) is 24.3 Å². The van der Waals surface area contributed by atoms with E-state index in [9.17, 15) is 4.79 Å². The third-order valence-electron chi connectivity index (χ3n) is 3.29. The second-order valence-corrected chi connectivity index (χ2v) is 6.71. The minimum absolute atomic E-state index is 0.0257. The molecule has 0 bridgehead atoms. The van der Waals surface area contributed by atoms with Crippen LogP contribution in [0, 0.1) is 0 Å². The van der Waals surface area contributed by atoms with Gasteiger partial charge in [0.2, 0.25) is 5.16 Å². The van der Waals surface area contributed by atoms with Gasteiger partial charge in [-0.1, -0.05) is 53.7 Å². The summed E-state index contributed by atoms with van der Waals surface area (Å²) in [4.78, 5) is 16.8. The van der Waals surface area contributed by atoms with Gasteiger partial charge in [-0.25, -0.2) is 4.98 Å². The molecule has 1 N–H and O–H groups in total. The van der Waals surface area contributed by atoms with Crippen molar-refractivity contribution in [2.75, 3.05) is 0 Å². The number of hydrogen-bond acceptors (Lipinski definition) is 4. The molecule has 0 saturated carbocycles. The number of carbonyl (C=O) groups is 1. The summed E-state index contributed by atoms with van der Waals surface area (Å²) in [5.74, 6) is 0.719. The summed E-state index contributed by atoms with van der Waals surface area (Å²) < 4.78 is 0. The van der Waals surface area contributed by atoms with E-state index in [0.29, 0.717) is 21.6 Å². The molecule has 1 heterocycles. The Hall–Kier alpha value is -2.11. The molecular formula is C17H14ClN3OS. The van der Waals surface area contributed by atoms with E-state index in [-0.39, 0.29) is 11.0 Å². The van der Waals surface area contributed by atoms with Crippen LogP contribution in [0.3, 0.4) is 0 Å². The Kier molecular flexibility index (Phi) is 4.79. The zero-order valence-electron chi connectivity index (χ0n) is 12.4. The first-order valence-corrected chi connectivity index (χ1v) is 8.33.